The van der Waals surface area contributed by atoms with Gasteiger partial charge < -0.3 is 15.5 Å². The third-order valence-electron chi connectivity index (χ3n) is 4.63. The Balaban J connectivity index is 1.81. The van der Waals surface area contributed by atoms with Crippen LogP contribution in [0, 0.1) is 0 Å². The first-order valence-electron chi connectivity index (χ1n) is 9.30. The fraction of sp³-hybridized carbons (Fsp3) is 0.286. The van der Waals surface area contributed by atoms with Crippen molar-refractivity contribution in [2.24, 2.45) is 0 Å². The van der Waals surface area contributed by atoms with Gasteiger partial charge >= 0.3 is 6.18 Å². The highest BCUT2D eigenvalue weighted by Gasteiger charge is 2.34. The lowest BCUT2D eigenvalue weighted by Gasteiger charge is -2.17. The molecule has 1 aliphatic heterocycles. The van der Waals surface area contributed by atoms with Crippen molar-refractivity contribution in [2.45, 2.75) is 32.5 Å². The molecule has 158 valence electrons. The van der Waals surface area contributed by atoms with Crippen LogP contribution in [0.1, 0.15) is 41.3 Å². The number of nitrogens with zero attached hydrogens (tertiary/aromatic N) is 1. The molecule has 30 heavy (non-hydrogen) atoms. The zero-order valence-corrected chi connectivity index (χ0v) is 16.2. The van der Waals surface area contributed by atoms with Gasteiger partial charge in [0.2, 0.25) is 11.8 Å². The topological polar surface area (TPSA) is 78.5 Å². The Hall–Kier alpha value is -3.36. The summed E-state index contributed by atoms with van der Waals surface area (Å²) in [6, 6.07) is 9.57. The van der Waals surface area contributed by atoms with Gasteiger partial charge in [0.05, 0.1) is 11.3 Å². The zero-order valence-electron chi connectivity index (χ0n) is 16.2. The molecule has 2 aromatic carbocycles. The molecule has 0 radical (unpaired) electrons. The molecule has 0 spiro atoms. The first kappa shape index (κ1) is 21.4. The third-order valence-corrected chi connectivity index (χ3v) is 4.63. The average Bonchev–Trinajstić information content (AvgIpc) is 3.06. The van der Waals surface area contributed by atoms with Crippen molar-refractivity contribution in [1.29, 1.82) is 0 Å². The number of nitrogens with one attached hydrogen (secondary N) is 2. The van der Waals surface area contributed by atoms with E-state index in [4.69, 9.17) is 0 Å². The Morgan fingerprint density at radius 3 is 2.50 bits per heavy atom. The van der Waals surface area contributed by atoms with Gasteiger partial charge in [-0.15, -0.1) is 0 Å². The molecule has 6 nitrogen and oxygen atoms in total. The maximum atomic E-state index is 13.4. The minimum atomic E-state index is -4.73. The molecule has 1 heterocycles. The average molecular weight is 419 g/mol. The van der Waals surface area contributed by atoms with Crippen molar-refractivity contribution in [3.63, 3.8) is 0 Å². The van der Waals surface area contributed by atoms with Crippen LogP contribution in [-0.4, -0.2) is 29.2 Å². The maximum Gasteiger partial charge on any atom is 0.418 e. The predicted octanol–water partition coefficient (Wildman–Crippen LogP) is 4.04. The molecule has 0 aromatic heterocycles. The predicted molar refractivity (Wildman–Crippen MR) is 105 cm³/mol. The van der Waals surface area contributed by atoms with Crippen LogP contribution >= 0.6 is 0 Å². The number of carbonyl (C=O) groups is 3. The van der Waals surface area contributed by atoms with E-state index < -0.39 is 29.2 Å². The van der Waals surface area contributed by atoms with Crippen molar-refractivity contribution >= 4 is 29.1 Å². The SMILES string of the molecule is CC(=O)Nc1ccc(NC(=O)c2cccc(CN3CCCC3=O)c2)c(C(F)(F)F)c1. The summed E-state index contributed by atoms with van der Waals surface area (Å²) in [5, 5.41) is 4.58. The van der Waals surface area contributed by atoms with Crippen LogP contribution in [0.2, 0.25) is 0 Å². The number of benzene rings is 2. The highest BCUT2D eigenvalue weighted by molar-refractivity contribution is 6.05. The van der Waals surface area contributed by atoms with E-state index in [0.717, 1.165) is 24.1 Å². The van der Waals surface area contributed by atoms with E-state index in [1.165, 1.54) is 19.1 Å². The minimum Gasteiger partial charge on any atom is -0.338 e. The van der Waals surface area contributed by atoms with Gasteiger partial charge in [0.15, 0.2) is 0 Å². The number of amides is 3. The molecule has 0 unspecified atom stereocenters. The number of anilines is 2. The van der Waals surface area contributed by atoms with Crippen molar-refractivity contribution in [3.8, 4) is 0 Å². The number of hydrogen-bond acceptors (Lipinski definition) is 3. The lowest BCUT2D eigenvalue weighted by molar-refractivity contribution is -0.137. The summed E-state index contributed by atoms with van der Waals surface area (Å²) >= 11 is 0. The summed E-state index contributed by atoms with van der Waals surface area (Å²) < 4.78 is 40.3. The second kappa shape index (κ2) is 8.56. The molecular weight excluding hydrogens is 399 g/mol. The molecule has 0 aliphatic carbocycles. The Morgan fingerprint density at radius 2 is 1.87 bits per heavy atom. The van der Waals surface area contributed by atoms with Crippen LogP contribution in [-0.2, 0) is 22.3 Å². The lowest BCUT2D eigenvalue weighted by Crippen LogP contribution is -2.24. The van der Waals surface area contributed by atoms with Crippen LogP contribution in [0.3, 0.4) is 0 Å². The molecular formula is C21H20F3N3O3. The molecule has 1 fully saturated rings. The number of alkyl halides is 3. The summed E-state index contributed by atoms with van der Waals surface area (Å²) in [5.41, 5.74) is -0.610. The minimum absolute atomic E-state index is 0.0231. The smallest absolute Gasteiger partial charge is 0.338 e. The van der Waals surface area contributed by atoms with Crippen LogP contribution in [0.25, 0.3) is 0 Å². The molecule has 1 saturated heterocycles. The molecule has 2 aromatic rings. The van der Waals surface area contributed by atoms with E-state index in [1.807, 2.05) is 0 Å². The highest BCUT2D eigenvalue weighted by atomic mass is 19.4. The number of carbonyl (C=O) groups excluding carboxylic acids is 3. The monoisotopic (exact) mass is 419 g/mol. The Morgan fingerprint density at radius 1 is 1.10 bits per heavy atom. The molecule has 0 atom stereocenters. The second-order valence-electron chi connectivity index (χ2n) is 7.01. The largest absolute Gasteiger partial charge is 0.418 e. The van der Waals surface area contributed by atoms with E-state index in [9.17, 15) is 27.6 Å². The molecule has 1 aliphatic rings. The van der Waals surface area contributed by atoms with Gasteiger partial charge in [0.25, 0.3) is 5.91 Å². The molecule has 3 rings (SSSR count). The fourth-order valence-electron chi connectivity index (χ4n) is 3.27. The van der Waals surface area contributed by atoms with Gasteiger partial charge in [-0.2, -0.15) is 13.2 Å². The Labute approximate surface area is 171 Å². The van der Waals surface area contributed by atoms with Crippen LogP contribution in [0.5, 0.6) is 0 Å². The van der Waals surface area contributed by atoms with Gasteiger partial charge in [-0.05, 0) is 42.3 Å². The molecule has 3 amide bonds. The van der Waals surface area contributed by atoms with E-state index in [-0.39, 0.29) is 17.2 Å². The second-order valence-corrected chi connectivity index (χ2v) is 7.01. The molecule has 9 heteroatoms. The molecule has 0 saturated carbocycles. The van der Waals surface area contributed by atoms with E-state index in [2.05, 4.69) is 10.6 Å². The zero-order chi connectivity index (χ0) is 21.9. The van der Waals surface area contributed by atoms with Crippen LogP contribution < -0.4 is 10.6 Å². The summed E-state index contributed by atoms with van der Waals surface area (Å²) in [4.78, 5) is 37.2. The summed E-state index contributed by atoms with van der Waals surface area (Å²) in [7, 11) is 0. The number of likely N-dealkylation sites (tertiary alicyclic amines) is 1. The van der Waals surface area contributed by atoms with E-state index in [1.54, 1.807) is 23.1 Å². The third kappa shape index (κ3) is 5.16. The van der Waals surface area contributed by atoms with Gasteiger partial charge in [0.1, 0.15) is 0 Å². The molecule has 0 bridgehead atoms. The first-order chi connectivity index (χ1) is 14.1. The van der Waals surface area contributed by atoms with Crippen molar-refractivity contribution in [2.75, 3.05) is 17.2 Å². The Kier molecular flexibility index (Phi) is 6.09. The van der Waals surface area contributed by atoms with E-state index in [0.29, 0.717) is 19.5 Å². The standard InChI is InChI=1S/C21H20F3N3O3/c1-13(28)25-16-7-8-18(17(11-16)21(22,23)24)26-20(30)15-5-2-4-14(10-15)12-27-9-3-6-19(27)29/h2,4-5,7-8,10-11H,3,6,9,12H2,1H3,(H,25,28)(H,26,30). The number of halogens is 3. The highest BCUT2D eigenvalue weighted by Crippen LogP contribution is 2.36. The normalized spacial score (nSPS) is 14.0. The quantitative estimate of drug-likeness (QED) is 0.768. The van der Waals surface area contributed by atoms with Gasteiger partial charge in [-0.3, -0.25) is 14.4 Å². The maximum absolute atomic E-state index is 13.4. The summed E-state index contributed by atoms with van der Waals surface area (Å²) in [6.07, 6.45) is -3.45. The van der Waals surface area contributed by atoms with Gasteiger partial charge in [0, 0.05) is 37.7 Å². The fourth-order valence-corrected chi connectivity index (χ4v) is 3.27. The summed E-state index contributed by atoms with van der Waals surface area (Å²) in [5.74, 6) is -1.17. The van der Waals surface area contributed by atoms with Crippen molar-refractivity contribution in [1.82, 2.24) is 4.90 Å². The van der Waals surface area contributed by atoms with Gasteiger partial charge in [-0.25, -0.2) is 0 Å². The van der Waals surface area contributed by atoms with Crippen molar-refractivity contribution < 1.29 is 27.6 Å². The number of rotatable bonds is 5. The number of hydrogen-bond donors (Lipinski definition) is 2. The Bertz CT molecular complexity index is 989. The van der Waals surface area contributed by atoms with Crippen LogP contribution in [0.4, 0.5) is 24.5 Å². The summed E-state index contributed by atoms with van der Waals surface area (Å²) in [6.45, 7) is 2.18. The van der Waals surface area contributed by atoms with E-state index >= 15 is 0 Å². The van der Waals surface area contributed by atoms with Gasteiger partial charge in [-0.1, -0.05) is 12.1 Å². The van der Waals surface area contributed by atoms with Crippen LogP contribution in [0.15, 0.2) is 42.5 Å². The molecule has 2 N–H and O–H groups in total. The van der Waals surface area contributed by atoms with Crippen molar-refractivity contribution in [3.05, 3.63) is 59.2 Å². The lowest BCUT2D eigenvalue weighted by atomic mass is 10.1. The first-order valence-corrected chi connectivity index (χ1v) is 9.30.